The summed E-state index contributed by atoms with van der Waals surface area (Å²) in [6, 6.07) is 7.61. The lowest BCUT2D eigenvalue weighted by Crippen LogP contribution is -2.54. The molecule has 1 fully saturated rings. The number of hydrogen-bond acceptors (Lipinski definition) is 3. The molecule has 0 saturated carbocycles. The molecule has 0 radical (unpaired) electrons. The molecule has 1 aromatic rings. The van der Waals surface area contributed by atoms with E-state index in [0.29, 0.717) is 19.6 Å². The van der Waals surface area contributed by atoms with E-state index in [2.05, 4.69) is 5.32 Å². The first-order valence-electron chi connectivity index (χ1n) is 7.53. The Morgan fingerprint density at radius 1 is 1.38 bits per heavy atom. The van der Waals surface area contributed by atoms with Crippen molar-refractivity contribution in [2.45, 2.75) is 25.4 Å². The zero-order chi connectivity index (χ0) is 15.0. The van der Waals surface area contributed by atoms with Crippen molar-refractivity contribution in [2.24, 2.45) is 0 Å². The number of carbonyl (C=O) groups excluding carboxylic acids is 2. The molecule has 2 atom stereocenters. The highest BCUT2D eigenvalue weighted by atomic mass is 16.2. The normalized spacial score (nSPS) is 22.0. The monoisotopic (exact) mass is 287 g/mol. The van der Waals surface area contributed by atoms with Gasteiger partial charge in [-0.3, -0.25) is 9.59 Å². The zero-order valence-electron chi connectivity index (χ0n) is 12.5. The van der Waals surface area contributed by atoms with Crippen molar-refractivity contribution in [3.63, 3.8) is 0 Å². The summed E-state index contributed by atoms with van der Waals surface area (Å²) in [5.41, 5.74) is 1.84. The van der Waals surface area contributed by atoms with Gasteiger partial charge in [-0.2, -0.15) is 0 Å². The fourth-order valence-corrected chi connectivity index (χ4v) is 3.35. The van der Waals surface area contributed by atoms with E-state index in [9.17, 15) is 9.59 Å². The molecule has 0 spiro atoms. The van der Waals surface area contributed by atoms with Crippen molar-refractivity contribution in [1.82, 2.24) is 15.1 Å². The molecule has 21 heavy (non-hydrogen) atoms. The third kappa shape index (κ3) is 2.21. The minimum Gasteiger partial charge on any atom is -0.337 e. The van der Waals surface area contributed by atoms with E-state index in [4.69, 9.17) is 0 Å². The largest absolute Gasteiger partial charge is 0.337 e. The number of piperazine rings is 1. The Kier molecular flexibility index (Phi) is 3.68. The van der Waals surface area contributed by atoms with Gasteiger partial charge in [-0.15, -0.1) is 0 Å². The molecular weight excluding hydrogens is 266 g/mol. The molecule has 5 heteroatoms. The summed E-state index contributed by atoms with van der Waals surface area (Å²) in [6.07, 6.45) is 0.774. The average Bonchev–Trinajstić information content (AvgIpc) is 2.81. The van der Waals surface area contributed by atoms with Gasteiger partial charge in [0.25, 0.3) is 5.91 Å². The fourth-order valence-electron chi connectivity index (χ4n) is 3.35. The van der Waals surface area contributed by atoms with E-state index in [0.717, 1.165) is 17.5 Å². The summed E-state index contributed by atoms with van der Waals surface area (Å²) < 4.78 is 0. The molecule has 2 aliphatic heterocycles. The van der Waals surface area contributed by atoms with Crippen LogP contribution in [0.15, 0.2) is 24.3 Å². The summed E-state index contributed by atoms with van der Waals surface area (Å²) in [7, 11) is 1.82. The molecule has 3 rings (SSSR count). The van der Waals surface area contributed by atoms with Crippen LogP contribution in [0.25, 0.3) is 0 Å². The minimum atomic E-state index is -0.135. The van der Waals surface area contributed by atoms with Gasteiger partial charge in [-0.1, -0.05) is 25.1 Å². The van der Waals surface area contributed by atoms with Crippen molar-refractivity contribution in [1.29, 1.82) is 0 Å². The molecule has 5 nitrogen and oxygen atoms in total. The number of nitrogens with zero attached hydrogens (tertiary/aromatic N) is 2. The summed E-state index contributed by atoms with van der Waals surface area (Å²) in [5, 5.41) is 3.06. The third-order valence-corrected chi connectivity index (χ3v) is 4.56. The Morgan fingerprint density at radius 3 is 2.86 bits per heavy atom. The highest BCUT2D eigenvalue weighted by Crippen LogP contribution is 2.36. The molecule has 2 unspecified atom stereocenters. The van der Waals surface area contributed by atoms with Gasteiger partial charge in [0.05, 0.1) is 12.1 Å². The number of benzene rings is 1. The van der Waals surface area contributed by atoms with Crippen LogP contribution in [0, 0.1) is 0 Å². The summed E-state index contributed by atoms with van der Waals surface area (Å²) >= 11 is 0. The van der Waals surface area contributed by atoms with Gasteiger partial charge in [-0.05, 0) is 25.1 Å². The Balaban J connectivity index is 1.82. The van der Waals surface area contributed by atoms with E-state index < -0.39 is 0 Å². The standard InChI is InChI=1S/C16H21N3O2/c1-3-13(17-2)16(21)18-8-9-19-14(10-18)11-6-4-5-7-12(11)15(19)20/h4-7,13-14,17H,3,8-10H2,1-2H3. The van der Waals surface area contributed by atoms with Crippen LogP contribution >= 0.6 is 0 Å². The Bertz CT molecular complexity index is 568. The van der Waals surface area contributed by atoms with Crippen molar-refractivity contribution < 1.29 is 9.59 Å². The minimum absolute atomic E-state index is 0.0146. The van der Waals surface area contributed by atoms with Gasteiger partial charge in [-0.25, -0.2) is 0 Å². The average molecular weight is 287 g/mol. The van der Waals surface area contributed by atoms with Crippen LogP contribution in [-0.4, -0.2) is 54.3 Å². The van der Waals surface area contributed by atoms with E-state index in [1.165, 1.54) is 0 Å². The third-order valence-electron chi connectivity index (χ3n) is 4.56. The maximum absolute atomic E-state index is 12.5. The summed E-state index contributed by atoms with van der Waals surface area (Å²) in [6.45, 7) is 3.83. The van der Waals surface area contributed by atoms with E-state index >= 15 is 0 Å². The van der Waals surface area contributed by atoms with E-state index in [1.807, 2.05) is 48.0 Å². The Labute approximate surface area is 124 Å². The summed E-state index contributed by atoms with van der Waals surface area (Å²) in [5.74, 6) is 0.236. The van der Waals surface area contributed by atoms with Gasteiger partial charge in [0.1, 0.15) is 0 Å². The molecule has 2 heterocycles. The van der Waals surface area contributed by atoms with Crippen LogP contribution in [-0.2, 0) is 4.79 Å². The lowest BCUT2D eigenvalue weighted by atomic mass is 10.0. The van der Waals surface area contributed by atoms with Crippen molar-refractivity contribution in [3.8, 4) is 0 Å². The number of nitrogens with one attached hydrogen (secondary N) is 1. The molecule has 0 aromatic heterocycles. The smallest absolute Gasteiger partial charge is 0.254 e. The number of fused-ring (bicyclic) bond motifs is 3. The molecule has 0 bridgehead atoms. The number of likely N-dealkylation sites (N-methyl/N-ethyl adjacent to an activating group) is 1. The fraction of sp³-hybridized carbons (Fsp3) is 0.500. The van der Waals surface area contributed by atoms with Crippen LogP contribution in [0.4, 0.5) is 0 Å². The highest BCUT2D eigenvalue weighted by molar-refractivity contribution is 5.99. The number of rotatable bonds is 3. The van der Waals surface area contributed by atoms with Crippen LogP contribution in [0.2, 0.25) is 0 Å². The molecule has 1 aromatic carbocycles. The van der Waals surface area contributed by atoms with Crippen LogP contribution in [0.1, 0.15) is 35.3 Å². The van der Waals surface area contributed by atoms with E-state index in [1.54, 1.807) is 0 Å². The first-order chi connectivity index (χ1) is 10.2. The molecular formula is C16H21N3O2. The van der Waals surface area contributed by atoms with Crippen molar-refractivity contribution in [3.05, 3.63) is 35.4 Å². The van der Waals surface area contributed by atoms with Crippen molar-refractivity contribution in [2.75, 3.05) is 26.7 Å². The SMILES string of the molecule is CCC(NC)C(=O)N1CCN2C(=O)c3ccccc3C2C1. The zero-order valence-corrected chi connectivity index (χ0v) is 12.5. The molecule has 112 valence electrons. The first kappa shape index (κ1) is 14.1. The van der Waals surface area contributed by atoms with Crippen LogP contribution in [0.5, 0.6) is 0 Å². The first-order valence-corrected chi connectivity index (χ1v) is 7.53. The molecule has 2 amide bonds. The van der Waals surface area contributed by atoms with Crippen LogP contribution in [0.3, 0.4) is 0 Å². The van der Waals surface area contributed by atoms with Gasteiger partial charge in [0.2, 0.25) is 5.91 Å². The number of carbonyl (C=O) groups is 2. The second-order valence-electron chi connectivity index (χ2n) is 5.64. The topological polar surface area (TPSA) is 52.7 Å². The summed E-state index contributed by atoms with van der Waals surface area (Å²) in [4.78, 5) is 28.7. The molecule has 1 N–H and O–H groups in total. The predicted molar refractivity (Wildman–Crippen MR) is 79.9 cm³/mol. The van der Waals surface area contributed by atoms with Gasteiger partial charge in [0.15, 0.2) is 0 Å². The van der Waals surface area contributed by atoms with Crippen molar-refractivity contribution >= 4 is 11.8 Å². The number of amides is 2. The highest BCUT2D eigenvalue weighted by Gasteiger charge is 2.41. The molecule has 1 saturated heterocycles. The molecule has 0 aliphatic carbocycles. The number of hydrogen-bond donors (Lipinski definition) is 1. The van der Waals surface area contributed by atoms with Gasteiger partial charge in [0, 0.05) is 25.2 Å². The Hall–Kier alpha value is -1.88. The second kappa shape index (κ2) is 5.48. The predicted octanol–water partition coefficient (Wildman–Crippen LogP) is 1.02. The quantitative estimate of drug-likeness (QED) is 0.903. The lowest BCUT2D eigenvalue weighted by Gasteiger charge is -2.39. The van der Waals surface area contributed by atoms with E-state index in [-0.39, 0.29) is 23.9 Å². The lowest BCUT2D eigenvalue weighted by molar-refractivity contribution is -0.135. The van der Waals surface area contributed by atoms with Gasteiger partial charge >= 0.3 is 0 Å². The molecule has 2 aliphatic rings. The maximum atomic E-state index is 12.5. The van der Waals surface area contributed by atoms with Crippen LogP contribution < -0.4 is 5.32 Å². The maximum Gasteiger partial charge on any atom is 0.254 e. The van der Waals surface area contributed by atoms with Gasteiger partial charge < -0.3 is 15.1 Å². The Morgan fingerprint density at radius 2 is 2.14 bits per heavy atom. The second-order valence-corrected chi connectivity index (χ2v) is 5.64.